The minimum absolute atomic E-state index is 0.0213. The minimum Gasteiger partial charge on any atom is -0.481 e. The zero-order valence-corrected chi connectivity index (χ0v) is 21.7. The minimum atomic E-state index is -0.783. The number of nitrogens with one attached hydrogen (secondary N) is 1. The van der Waals surface area contributed by atoms with Crippen molar-refractivity contribution in [3.05, 3.63) is 68.0 Å². The summed E-state index contributed by atoms with van der Waals surface area (Å²) in [6.07, 6.45) is 6.82. The van der Waals surface area contributed by atoms with Crippen LogP contribution in [0, 0.1) is 24.2 Å². The van der Waals surface area contributed by atoms with Crippen molar-refractivity contribution >= 4 is 28.9 Å². The van der Waals surface area contributed by atoms with Gasteiger partial charge in [0, 0.05) is 7.05 Å². The molecule has 0 radical (unpaired) electrons. The summed E-state index contributed by atoms with van der Waals surface area (Å²) in [6.45, 7) is 1.82. The molecular formula is C27H30ClN5O4. The number of hydrogen-bond acceptors (Lipinski definition) is 5. The van der Waals surface area contributed by atoms with Gasteiger partial charge in [0.15, 0.2) is 0 Å². The van der Waals surface area contributed by atoms with Gasteiger partial charge >= 0.3 is 5.97 Å². The van der Waals surface area contributed by atoms with Crippen LogP contribution in [0.25, 0.3) is 5.69 Å². The maximum absolute atomic E-state index is 13.6. The molecule has 3 aromatic rings. The van der Waals surface area contributed by atoms with E-state index in [0.29, 0.717) is 29.6 Å². The van der Waals surface area contributed by atoms with Gasteiger partial charge in [-0.15, -0.1) is 0 Å². The van der Waals surface area contributed by atoms with Gasteiger partial charge in [-0.2, -0.15) is 5.10 Å². The van der Waals surface area contributed by atoms with Gasteiger partial charge in [-0.3, -0.25) is 19.1 Å². The second-order valence-corrected chi connectivity index (χ2v) is 11.8. The maximum Gasteiger partial charge on any atom is 0.303 e. The second kappa shape index (κ2) is 8.34. The topological polar surface area (TPSA) is 111 Å². The van der Waals surface area contributed by atoms with Gasteiger partial charge in [-0.25, -0.2) is 9.36 Å². The van der Waals surface area contributed by atoms with E-state index in [9.17, 15) is 19.5 Å². The molecule has 4 fully saturated rings. The zero-order chi connectivity index (χ0) is 26.1. The van der Waals surface area contributed by atoms with Gasteiger partial charge in [-0.05, 0) is 74.8 Å². The SMILES string of the molecule is Cc1c(Nc2cnn(C34C[C@@H]5C[C@H](CC(CC(=O)O)(C5)C3)C4)c(=O)c2Cl)c(=O)n(-c2ccccc2)n1C. The fourth-order valence-corrected chi connectivity index (χ4v) is 8.06. The average molecular weight is 524 g/mol. The summed E-state index contributed by atoms with van der Waals surface area (Å²) in [7, 11) is 1.80. The Morgan fingerprint density at radius 1 is 1.14 bits per heavy atom. The standard InChI is InChI=1S/C27H30ClN5O4/c1-16-23(25(37)32(31(16)2)19-6-4-3-5-7-19)30-20-14-29-33(24(36)22(20)28)27-11-17-8-18(12-27)10-26(9-17,15-27)13-21(34)35/h3-7,14,17-18,30H,8-13,15H2,1-2H3,(H,34,35)/t17-,18-,26?,27?/m1/s1. The number of anilines is 2. The number of halogens is 1. The fraction of sp³-hybridized carbons (Fsp3) is 0.481. The molecular weight excluding hydrogens is 494 g/mol. The highest BCUT2D eigenvalue weighted by atomic mass is 35.5. The summed E-state index contributed by atoms with van der Waals surface area (Å²) in [5.41, 5.74) is 0.542. The van der Waals surface area contributed by atoms with Crippen molar-refractivity contribution in [1.82, 2.24) is 19.1 Å². The quantitative estimate of drug-likeness (QED) is 0.500. The summed E-state index contributed by atoms with van der Waals surface area (Å²) in [5, 5.41) is 17.2. The van der Waals surface area contributed by atoms with Crippen LogP contribution in [0.1, 0.15) is 50.6 Å². The highest BCUT2D eigenvalue weighted by Gasteiger charge is 2.59. The van der Waals surface area contributed by atoms with Crippen LogP contribution >= 0.6 is 11.6 Å². The number of hydrogen-bond donors (Lipinski definition) is 2. The third-order valence-corrected chi connectivity index (χ3v) is 9.22. The molecule has 0 spiro atoms. The van der Waals surface area contributed by atoms with E-state index in [1.165, 1.54) is 10.9 Å². The van der Waals surface area contributed by atoms with Crippen molar-refractivity contribution in [3.63, 3.8) is 0 Å². The predicted octanol–water partition coefficient (Wildman–Crippen LogP) is 4.21. The first kappa shape index (κ1) is 24.0. The highest BCUT2D eigenvalue weighted by Crippen LogP contribution is 2.65. The van der Waals surface area contributed by atoms with E-state index in [2.05, 4.69) is 10.4 Å². The molecule has 4 bridgehead atoms. The van der Waals surface area contributed by atoms with Crippen molar-refractivity contribution in [2.24, 2.45) is 24.3 Å². The number of carboxylic acid groups (broad SMARTS) is 1. The monoisotopic (exact) mass is 523 g/mol. The summed E-state index contributed by atoms with van der Waals surface area (Å²) in [6, 6.07) is 9.31. The molecule has 0 unspecified atom stereocenters. The molecule has 2 aromatic heterocycles. The molecule has 0 aliphatic heterocycles. The van der Waals surface area contributed by atoms with Gasteiger partial charge in [0.05, 0.1) is 35.2 Å². The van der Waals surface area contributed by atoms with E-state index in [1.54, 1.807) is 16.4 Å². The number of rotatable bonds is 6. The number of benzene rings is 1. The first-order valence-corrected chi connectivity index (χ1v) is 13.1. The summed E-state index contributed by atoms with van der Waals surface area (Å²) in [4.78, 5) is 38.6. The summed E-state index contributed by atoms with van der Waals surface area (Å²) >= 11 is 6.63. The molecule has 0 saturated heterocycles. The summed E-state index contributed by atoms with van der Waals surface area (Å²) < 4.78 is 4.83. The number of nitrogens with zero attached hydrogens (tertiary/aromatic N) is 4. The normalized spacial score (nSPS) is 28.0. The number of carbonyl (C=O) groups is 1. The lowest BCUT2D eigenvalue weighted by molar-refractivity contribution is -0.151. The third-order valence-electron chi connectivity index (χ3n) is 8.86. The van der Waals surface area contributed by atoms with Gasteiger partial charge in [0.1, 0.15) is 10.7 Å². The molecule has 37 heavy (non-hydrogen) atoms. The molecule has 0 amide bonds. The van der Waals surface area contributed by atoms with Crippen molar-refractivity contribution in [1.29, 1.82) is 0 Å². The van der Waals surface area contributed by atoms with Gasteiger partial charge in [-0.1, -0.05) is 29.8 Å². The molecule has 10 heteroatoms. The van der Waals surface area contributed by atoms with E-state index in [-0.39, 0.29) is 28.1 Å². The Hall–Kier alpha value is -3.33. The van der Waals surface area contributed by atoms with Crippen LogP contribution in [-0.2, 0) is 17.4 Å². The van der Waals surface area contributed by atoms with Gasteiger partial charge < -0.3 is 10.4 Å². The van der Waals surface area contributed by atoms with Crippen LogP contribution in [0.15, 0.2) is 46.1 Å². The first-order chi connectivity index (χ1) is 17.6. The predicted molar refractivity (Wildman–Crippen MR) is 140 cm³/mol. The van der Waals surface area contributed by atoms with Crippen molar-refractivity contribution in [3.8, 4) is 5.69 Å². The number of carboxylic acids is 1. The molecule has 2 N–H and O–H groups in total. The van der Waals surface area contributed by atoms with E-state index in [0.717, 1.165) is 37.8 Å². The molecule has 1 aromatic carbocycles. The molecule has 4 saturated carbocycles. The Morgan fingerprint density at radius 3 is 2.46 bits per heavy atom. The van der Waals surface area contributed by atoms with Crippen molar-refractivity contribution in [2.45, 2.75) is 57.4 Å². The Kier molecular flexibility index (Phi) is 5.42. The summed E-state index contributed by atoms with van der Waals surface area (Å²) in [5.74, 6) is 0.0120. The molecule has 2 atom stereocenters. The maximum atomic E-state index is 13.6. The number of aliphatic carboxylic acids is 1. The number of aromatic nitrogens is 4. The zero-order valence-electron chi connectivity index (χ0n) is 20.9. The van der Waals surface area contributed by atoms with E-state index in [4.69, 9.17) is 11.6 Å². The van der Waals surface area contributed by atoms with Crippen molar-refractivity contribution in [2.75, 3.05) is 5.32 Å². The third kappa shape index (κ3) is 3.74. The second-order valence-electron chi connectivity index (χ2n) is 11.4. The van der Waals surface area contributed by atoms with E-state index < -0.39 is 17.1 Å². The molecule has 7 rings (SSSR count). The molecule has 9 nitrogen and oxygen atoms in total. The Balaban J connectivity index is 1.36. The molecule has 194 valence electrons. The molecule has 4 aliphatic rings. The molecule has 2 heterocycles. The van der Waals surface area contributed by atoms with Crippen LogP contribution in [-0.4, -0.2) is 30.2 Å². The van der Waals surface area contributed by atoms with E-state index >= 15 is 0 Å². The van der Waals surface area contributed by atoms with Crippen LogP contribution in [0.2, 0.25) is 5.02 Å². The Bertz CT molecular complexity index is 1510. The lowest BCUT2D eigenvalue weighted by Gasteiger charge is -2.61. The van der Waals surface area contributed by atoms with Crippen LogP contribution in [0.3, 0.4) is 0 Å². The van der Waals surface area contributed by atoms with Crippen LogP contribution in [0.5, 0.6) is 0 Å². The molecule has 4 aliphatic carbocycles. The lowest BCUT2D eigenvalue weighted by Crippen LogP contribution is -2.59. The first-order valence-electron chi connectivity index (χ1n) is 12.7. The Labute approximate surface area is 218 Å². The lowest BCUT2D eigenvalue weighted by atomic mass is 9.46. The Morgan fingerprint density at radius 2 is 1.81 bits per heavy atom. The van der Waals surface area contributed by atoms with Crippen LogP contribution in [0.4, 0.5) is 11.4 Å². The number of para-hydroxylation sites is 1. The average Bonchev–Trinajstić information content (AvgIpc) is 3.03. The van der Waals surface area contributed by atoms with Crippen LogP contribution < -0.4 is 16.4 Å². The smallest absolute Gasteiger partial charge is 0.303 e. The van der Waals surface area contributed by atoms with Crippen molar-refractivity contribution < 1.29 is 9.90 Å². The highest BCUT2D eigenvalue weighted by molar-refractivity contribution is 6.33. The van der Waals surface area contributed by atoms with E-state index in [1.807, 2.05) is 37.3 Å². The largest absolute Gasteiger partial charge is 0.481 e. The fourth-order valence-electron chi connectivity index (χ4n) is 7.88. The van der Waals surface area contributed by atoms with Gasteiger partial charge in [0.2, 0.25) is 0 Å². The van der Waals surface area contributed by atoms with Gasteiger partial charge in [0.25, 0.3) is 11.1 Å².